The summed E-state index contributed by atoms with van der Waals surface area (Å²) in [6.45, 7) is 6.74. The van der Waals surface area contributed by atoms with Gasteiger partial charge in [-0.2, -0.15) is 0 Å². The van der Waals surface area contributed by atoms with Crippen molar-refractivity contribution in [2.24, 2.45) is 0 Å². The van der Waals surface area contributed by atoms with Crippen LogP contribution in [0.15, 0.2) is 28.7 Å². The first-order chi connectivity index (χ1) is 7.79. The second kappa shape index (κ2) is 5.80. The molecule has 1 N–H and O–H groups in total. The Morgan fingerprint density at radius 2 is 2.38 bits per heavy atom. The summed E-state index contributed by atoms with van der Waals surface area (Å²) in [4.78, 5) is 2.56. The maximum absolute atomic E-state index is 3.53. The fourth-order valence-electron chi connectivity index (χ4n) is 2.32. The molecule has 0 spiro atoms. The molecule has 3 heteroatoms. The largest absolute Gasteiger partial charge is 0.315 e. The van der Waals surface area contributed by atoms with Gasteiger partial charge in [0.2, 0.25) is 0 Å². The number of halogens is 1. The van der Waals surface area contributed by atoms with E-state index in [0.29, 0.717) is 6.04 Å². The van der Waals surface area contributed by atoms with Crippen LogP contribution in [-0.4, -0.2) is 30.6 Å². The van der Waals surface area contributed by atoms with Crippen molar-refractivity contribution in [2.75, 3.05) is 19.6 Å². The molecule has 1 heterocycles. The van der Waals surface area contributed by atoms with Crippen LogP contribution in [0.5, 0.6) is 0 Å². The van der Waals surface area contributed by atoms with E-state index in [1.165, 1.54) is 23.0 Å². The van der Waals surface area contributed by atoms with E-state index in [0.717, 1.165) is 19.6 Å². The molecule has 0 aromatic heterocycles. The predicted octanol–water partition coefficient (Wildman–Crippen LogP) is 2.63. The van der Waals surface area contributed by atoms with E-state index in [9.17, 15) is 0 Å². The maximum Gasteiger partial charge on any atom is 0.0237 e. The molecule has 0 amide bonds. The Morgan fingerprint density at radius 1 is 1.50 bits per heavy atom. The van der Waals surface area contributed by atoms with Crippen LogP contribution in [0.2, 0.25) is 0 Å². The van der Waals surface area contributed by atoms with Gasteiger partial charge in [0.1, 0.15) is 0 Å². The summed E-state index contributed by atoms with van der Waals surface area (Å²) in [5.74, 6) is 0. The van der Waals surface area contributed by atoms with E-state index >= 15 is 0 Å². The van der Waals surface area contributed by atoms with Crippen LogP contribution in [0.3, 0.4) is 0 Å². The van der Waals surface area contributed by atoms with Crippen LogP contribution in [0.4, 0.5) is 0 Å². The number of hydrogen-bond donors (Lipinski definition) is 1. The van der Waals surface area contributed by atoms with Crippen LogP contribution in [0, 0.1) is 0 Å². The summed E-state index contributed by atoms with van der Waals surface area (Å²) >= 11 is 3.53. The first-order valence-electron chi connectivity index (χ1n) is 5.99. The number of nitrogens with one attached hydrogen (secondary N) is 1. The van der Waals surface area contributed by atoms with Gasteiger partial charge < -0.3 is 5.32 Å². The molecule has 1 saturated heterocycles. The van der Waals surface area contributed by atoms with E-state index in [2.05, 4.69) is 57.3 Å². The minimum Gasteiger partial charge on any atom is -0.315 e. The molecule has 1 aliphatic rings. The van der Waals surface area contributed by atoms with E-state index in [1.54, 1.807) is 0 Å². The third kappa shape index (κ3) is 3.06. The first-order valence-corrected chi connectivity index (χ1v) is 6.78. The average molecular weight is 283 g/mol. The molecule has 88 valence electrons. The summed E-state index contributed by atoms with van der Waals surface area (Å²) in [5.41, 5.74) is 1.39. The summed E-state index contributed by atoms with van der Waals surface area (Å²) in [6, 6.07) is 9.32. The highest BCUT2D eigenvalue weighted by atomic mass is 79.9. The van der Waals surface area contributed by atoms with Crippen LogP contribution < -0.4 is 5.32 Å². The molecule has 0 saturated carbocycles. The van der Waals surface area contributed by atoms with E-state index in [-0.39, 0.29) is 0 Å². The number of hydrogen-bond acceptors (Lipinski definition) is 2. The Morgan fingerprint density at radius 3 is 3.00 bits per heavy atom. The van der Waals surface area contributed by atoms with Crippen LogP contribution in [0.25, 0.3) is 0 Å². The molecule has 1 aromatic rings. The second-order valence-corrected chi connectivity index (χ2v) is 5.26. The monoisotopic (exact) mass is 282 g/mol. The lowest BCUT2D eigenvalue weighted by Crippen LogP contribution is -2.36. The highest BCUT2D eigenvalue weighted by Crippen LogP contribution is 2.16. The molecule has 1 unspecified atom stereocenters. The van der Waals surface area contributed by atoms with Gasteiger partial charge in [0, 0.05) is 23.6 Å². The normalized spacial score (nSPS) is 20.6. The third-order valence-electron chi connectivity index (χ3n) is 3.23. The predicted molar refractivity (Wildman–Crippen MR) is 71.5 cm³/mol. The minimum absolute atomic E-state index is 0.712. The van der Waals surface area contributed by atoms with Crippen molar-refractivity contribution >= 4 is 15.9 Å². The fraction of sp³-hybridized carbons (Fsp3) is 0.538. The zero-order chi connectivity index (χ0) is 11.4. The lowest BCUT2D eigenvalue weighted by Gasteiger charge is -2.26. The smallest absolute Gasteiger partial charge is 0.0237 e. The number of likely N-dealkylation sites (N-methyl/N-ethyl adjacent to an activating group) is 1. The highest BCUT2D eigenvalue weighted by molar-refractivity contribution is 9.10. The third-order valence-corrected chi connectivity index (χ3v) is 3.72. The van der Waals surface area contributed by atoms with E-state index in [4.69, 9.17) is 0 Å². The second-order valence-electron chi connectivity index (χ2n) is 4.34. The first kappa shape index (κ1) is 12.1. The van der Waals surface area contributed by atoms with Crippen LogP contribution in [-0.2, 0) is 6.54 Å². The van der Waals surface area contributed by atoms with Gasteiger partial charge in [-0.1, -0.05) is 35.0 Å². The SMILES string of the molecule is CCN(Cc1cccc(Br)c1)C1CCNC1. The molecule has 0 bridgehead atoms. The maximum atomic E-state index is 3.53. The summed E-state index contributed by atoms with van der Waals surface area (Å²) < 4.78 is 1.17. The summed E-state index contributed by atoms with van der Waals surface area (Å²) in [6.07, 6.45) is 1.28. The number of rotatable bonds is 4. The zero-order valence-electron chi connectivity index (χ0n) is 9.75. The number of nitrogens with zero attached hydrogens (tertiary/aromatic N) is 1. The minimum atomic E-state index is 0.712. The van der Waals surface area contributed by atoms with Gasteiger partial charge in [-0.05, 0) is 37.2 Å². The van der Waals surface area contributed by atoms with E-state index < -0.39 is 0 Å². The molecule has 0 aliphatic carbocycles. The Balaban J connectivity index is 2.00. The molecule has 2 nitrogen and oxygen atoms in total. The molecular weight excluding hydrogens is 264 g/mol. The van der Waals surface area contributed by atoms with Crippen molar-refractivity contribution in [3.05, 3.63) is 34.3 Å². The van der Waals surface area contributed by atoms with Crippen molar-refractivity contribution in [2.45, 2.75) is 25.9 Å². The van der Waals surface area contributed by atoms with Crippen molar-refractivity contribution in [3.63, 3.8) is 0 Å². The fourth-order valence-corrected chi connectivity index (χ4v) is 2.77. The van der Waals surface area contributed by atoms with Crippen molar-refractivity contribution in [1.29, 1.82) is 0 Å². The molecule has 1 fully saturated rings. The molecule has 2 rings (SSSR count). The Hall–Kier alpha value is -0.380. The van der Waals surface area contributed by atoms with Crippen LogP contribution in [0.1, 0.15) is 18.9 Å². The lowest BCUT2D eigenvalue weighted by molar-refractivity contribution is 0.210. The zero-order valence-corrected chi connectivity index (χ0v) is 11.3. The van der Waals surface area contributed by atoms with Crippen LogP contribution >= 0.6 is 15.9 Å². The Bertz CT molecular complexity index is 334. The van der Waals surface area contributed by atoms with Gasteiger partial charge in [-0.25, -0.2) is 0 Å². The highest BCUT2D eigenvalue weighted by Gasteiger charge is 2.20. The van der Waals surface area contributed by atoms with Gasteiger partial charge in [-0.3, -0.25) is 4.90 Å². The molecule has 1 aliphatic heterocycles. The van der Waals surface area contributed by atoms with Gasteiger partial charge in [-0.15, -0.1) is 0 Å². The Labute approximate surface area is 106 Å². The van der Waals surface area contributed by atoms with Gasteiger partial charge >= 0.3 is 0 Å². The lowest BCUT2D eigenvalue weighted by atomic mass is 10.1. The van der Waals surface area contributed by atoms with E-state index in [1.807, 2.05) is 0 Å². The molecule has 1 atom stereocenters. The van der Waals surface area contributed by atoms with Crippen molar-refractivity contribution in [3.8, 4) is 0 Å². The summed E-state index contributed by atoms with van der Waals surface area (Å²) in [7, 11) is 0. The molecule has 0 radical (unpaired) electrons. The van der Waals surface area contributed by atoms with Gasteiger partial charge in [0.05, 0.1) is 0 Å². The van der Waals surface area contributed by atoms with Crippen molar-refractivity contribution < 1.29 is 0 Å². The molecular formula is C13H19BrN2. The quantitative estimate of drug-likeness (QED) is 0.914. The molecule has 16 heavy (non-hydrogen) atoms. The number of benzene rings is 1. The summed E-state index contributed by atoms with van der Waals surface area (Å²) in [5, 5.41) is 3.43. The standard InChI is InChI=1S/C13H19BrN2/c1-2-16(13-6-7-15-9-13)10-11-4-3-5-12(14)8-11/h3-5,8,13,15H,2,6-7,9-10H2,1H3. The molecule has 1 aromatic carbocycles. The average Bonchev–Trinajstić information content (AvgIpc) is 2.79. The van der Waals surface area contributed by atoms with Gasteiger partial charge in [0.25, 0.3) is 0 Å². The van der Waals surface area contributed by atoms with Crippen molar-refractivity contribution in [1.82, 2.24) is 10.2 Å². The topological polar surface area (TPSA) is 15.3 Å². The van der Waals surface area contributed by atoms with Gasteiger partial charge in [0.15, 0.2) is 0 Å². The Kier molecular flexibility index (Phi) is 4.38.